The van der Waals surface area contributed by atoms with Crippen LogP contribution in [-0.4, -0.2) is 28.9 Å². The van der Waals surface area contributed by atoms with E-state index >= 15 is 0 Å². The van der Waals surface area contributed by atoms with Crippen LogP contribution in [0.5, 0.6) is 0 Å². The van der Waals surface area contributed by atoms with Crippen LogP contribution in [0.2, 0.25) is 0 Å². The highest BCUT2D eigenvalue weighted by Crippen LogP contribution is 2.46. The van der Waals surface area contributed by atoms with E-state index in [1.807, 2.05) is 0 Å². The third-order valence-electron chi connectivity index (χ3n) is 6.83. The molecule has 3 nitrogen and oxygen atoms in total. The van der Waals surface area contributed by atoms with Crippen LogP contribution in [0.15, 0.2) is 0 Å². The lowest BCUT2D eigenvalue weighted by Crippen LogP contribution is -2.59. The van der Waals surface area contributed by atoms with Crippen molar-refractivity contribution < 1.29 is 9.47 Å². The summed E-state index contributed by atoms with van der Waals surface area (Å²) >= 11 is 0. The normalized spacial score (nSPS) is 17.1. The highest BCUT2D eigenvalue weighted by atomic mass is 16.5. The first kappa shape index (κ1) is 27.9. The van der Waals surface area contributed by atoms with Gasteiger partial charge in [-0.15, -0.1) is 0 Å². The molecular formula is C25H53NO2. The van der Waals surface area contributed by atoms with Crippen molar-refractivity contribution >= 4 is 0 Å². The van der Waals surface area contributed by atoms with Crippen LogP contribution >= 0.6 is 0 Å². The third kappa shape index (κ3) is 8.71. The van der Waals surface area contributed by atoms with Crippen LogP contribution in [0.4, 0.5) is 0 Å². The molecule has 1 atom stereocenters. The monoisotopic (exact) mass is 399 g/mol. The molecule has 0 rings (SSSR count). The Morgan fingerprint density at radius 1 is 0.750 bits per heavy atom. The summed E-state index contributed by atoms with van der Waals surface area (Å²) in [5, 5.41) is 0. The van der Waals surface area contributed by atoms with Gasteiger partial charge in [0.25, 0.3) is 0 Å². The van der Waals surface area contributed by atoms with Gasteiger partial charge in [0.15, 0.2) is 0 Å². The van der Waals surface area contributed by atoms with Crippen molar-refractivity contribution in [2.45, 2.75) is 139 Å². The Morgan fingerprint density at radius 3 is 1.61 bits per heavy atom. The van der Waals surface area contributed by atoms with Gasteiger partial charge in [0.2, 0.25) is 0 Å². The molecule has 0 bridgehead atoms. The molecule has 0 aliphatic rings. The van der Waals surface area contributed by atoms with Crippen molar-refractivity contribution in [3.05, 3.63) is 0 Å². The van der Waals surface area contributed by atoms with Gasteiger partial charge in [0.05, 0.1) is 23.4 Å². The molecule has 28 heavy (non-hydrogen) atoms. The average Bonchev–Trinajstić information content (AvgIpc) is 2.31. The lowest BCUT2D eigenvalue weighted by molar-refractivity contribution is -0.153. The van der Waals surface area contributed by atoms with Gasteiger partial charge in [0, 0.05) is 5.54 Å². The van der Waals surface area contributed by atoms with Crippen LogP contribution < -0.4 is 5.73 Å². The molecule has 0 aliphatic heterocycles. The largest absolute Gasteiger partial charge is 0.374 e. The molecule has 2 N–H and O–H groups in total. The molecular weight excluding hydrogens is 346 g/mol. The molecule has 0 radical (unpaired) electrons. The maximum absolute atomic E-state index is 6.83. The maximum atomic E-state index is 6.83. The molecule has 1 unspecified atom stereocenters. The minimum absolute atomic E-state index is 0.111. The Bertz CT molecular complexity index is 479. The number of hydrogen-bond acceptors (Lipinski definition) is 3. The first-order chi connectivity index (χ1) is 12.0. The Kier molecular flexibility index (Phi) is 8.90. The average molecular weight is 400 g/mol. The highest BCUT2D eigenvalue weighted by Gasteiger charge is 2.46. The van der Waals surface area contributed by atoms with E-state index in [-0.39, 0.29) is 22.0 Å². The topological polar surface area (TPSA) is 44.5 Å². The van der Waals surface area contributed by atoms with Gasteiger partial charge in [-0.3, -0.25) is 0 Å². The van der Waals surface area contributed by atoms with Gasteiger partial charge in [-0.25, -0.2) is 0 Å². The van der Waals surface area contributed by atoms with E-state index in [0.29, 0.717) is 12.5 Å². The first-order valence-corrected chi connectivity index (χ1v) is 11.2. The lowest BCUT2D eigenvalue weighted by Gasteiger charge is -2.49. The van der Waals surface area contributed by atoms with E-state index in [4.69, 9.17) is 15.2 Å². The molecule has 0 aromatic rings. The Balaban J connectivity index is 4.94. The summed E-state index contributed by atoms with van der Waals surface area (Å²) in [4.78, 5) is 0. The van der Waals surface area contributed by atoms with Crippen LogP contribution in [0.3, 0.4) is 0 Å². The summed E-state index contributed by atoms with van der Waals surface area (Å²) in [7, 11) is 0. The number of ether oxygens (including phenoxy) is 2. The predicted molar refractivity (Wildman–Crippen MR) is 124 cm³/mol. The van der Waals surface area contributed by atoms with Crippen LogP contribution in [0.25, 0.3) is 0 Å². The second-order valence-electron chi connectivity index (χ2n) is 13.1. The molecule has 0 spiro atoms. The molecule has 0 aromatic carbocycles. The van der Waals surface area contributed by atoms with Gasteiger partial charge in [-0.05, 0) is 84.5 Å². The molecule has 170 valence electrons. The fraction of sp³-hybridized carbons (Fsp3) is 1.00. The van der Waals surface area contributed by atoms with E-state index in [0.717, 1.165) is 19.3 Å². The highest BCUT2D eigenvalue weighted by molar-refractivity contribution is 5.01. The quantitative estimate of drug-likeness (QED) is 0.408. The fourth-order valence-corrected chi connectivity index (χ4v) is 3.94. The van der Waals surface area contributed by atoms with E-state index in [1.54, 1.807) is 0 Å². The van der Waals surface area contributed by atoms with Crippen molar-refractivity contribution in [3.63, 3.8) is 0 Å². The predicted octanol–water partition coefficient (Wildman–Crippen LogP) is 6.97. The van der Waals surface area contributed by atoms with Crippen LogP contribution in [0, 0.1) is 16.7 Å². The van der Waals surface area contributed by atoms with Crippen molar-refractivity contribution in [2.24, 2.45) is 22.5 Å². The Morgan fingerprint density at radius 2 is 1.21 bits per heavy atom. The van der Waals surface area contributed by atoms with Crippen molar-refractivity contribution in [1.29, 1.82) is 0 Å². The summed E-state index contributed by atoms with van der Waals surface area (Å²) in [6.45, 7) is 31.7. The summed E-state index contributed by atoms with van der Waals surface area (Å²) in [5.41, 5.74) is 5.91. The van der Waals surface area contributed by atoms with Gasteiger partial charge in [0.1, 0.15) is 0 Å². The minimum atomic E-state index is -0.425. The van der Waals surface area contributed by atoms with E-state index < -0.39 is 11.1 Å². The molecule has 0 saturated heterocycles. The Labute approximate surface area is 177 Å². The molecule has 0 saturated carbocycles. The fourth-order valence-electron chi connectivity index (χ4n) is 3.94. The second-order valence-corrected chi connectivity index (χ2v) is 13.1. The van der Waals surface area contributed by atoms with Gasteiger partial charge >= 0.3 is 0 Å². The maximum Gasteiger partial charge on any atom is 0.0802 e. The zero-order valence-electron chi connectivity index (χ0n) is 21.8. The zero-order valence-corrected chi connectivity index (χ0v) is 21.8. The molecule has 0 fully saturated rings. The van der Waals surface area contributed by atoms with E-state index in [9.17, 15) is 0 Å². The number of hydrogen-bond donors (Lipinski definition) is 1. The summed E-state index contributed by atoms with van der Waals surface area (Å²) < 4.78 is 12.8. The van der Waals surface area contributed by atoms with Gasteiger partial charge in [-0.2, -0.15) is 0 Å². The van der Waals surface area contributed by atoms with Gasteiger partial charge in [-0.1, -0.05) is 48.5 Å². The standard InChI is InChI=1S/C25H53NO2/c1-19(2)17-23(10,11)28-22(8,9)15-16-27-24(12,13)25(14,26)18-21(6,7)20(3,4)5/h19H,15-18,26H2,1-14H3. The molecule has 0 aromatic heterocycles. The van der Waals surface area contributed by atoms with Crippen LogP contribution in [0.1, 0.15) is 116 Å². The van der Waals surface area contributed by atoms with Crippen molar-refractivity contribution in [3.8, 4) is 0 Å². The molecule has 0 aliphatic carbocycles. The minimum Gasteiger partial charge on any atom is -0.374 e. The molecule has 0 amide bonds. The summed E-state index contributed by atoms with van der Waals surface area (Å²) in [5.74, 6) is 0.616. The lowest BCUT2D eigenvalue weighted by atomic mass is 9.61. The zero-order chi connectivity index (χ0) is 22.8. The Hall–Kier alpha value is -0.120. The third-order valence-corrected chi connectivity index (χ3v) is 6.83. The van der Waals surface area contributed by atoms with Crippen molar-refractivity contribution in [2.75, 3.05) is 6.61 Å². The van der Waals surface area contributed by atoms with Crippen LogP contribution in [-0.2, 0) is 9.47 Å². The van der Waals surface area contributed by atoms with E-state index in [1.165, 1.54) is 0 Å². The molecule has 0 heterocycles. The smallest absolute Gasteiger partial charge is 0.0802 e. The van der Waals surface area contributed by atoms with E-state index in [2.05, 4.69) is 96.9 Å². The number of rotatable bonds is 11. The SMILES string of the molecule is CC(C)CC(C)(C)OC(C)(C)CCOC(C)(C)C(C)(N)CC(C)(C)C(C)(C)C. The summed E-state index contributed by atoms with van der Waals surface area (Å²) in [6, 6.07) is 0. The van der Waals surface area contributed by atoms with Gasteiger partial charge < -0.3 is 15.2 Å². The molecule has 3 heteroatoms. The second kappa shape index (κ2) is 8.94. The first-order valence-electron chi connectivity index (χ1n) is 11.2. The van der Waals surface area contributed by atoms with Crippen molar-refractivity contribution in [1.82, 2.24) is 0 Å². The summed E-state index contributed by atoms with van der Waals surface area (Å²) in [6.07, 6.45) is 2.79. The number of nitrogens with two attached hydrogens (primary N) is 1.